The van der Waals surface area contributed by atoms with E-state index >= 15 is 0 Å². The highest BCUT2D eigenvalue weighted by molar-refractivity contribution is 5.33. The Kier molecular flexibility index (Phi) is 3.94. The molecule has 0 amide bonds. The predicted molar refractivity (Wildman–Crippen MR) is 67.3 cm³/mol. The van der Waals surface area contributed by atoms with Crippen molar-refractivity contribution < 1.29 is 4.39 Å². The minimum atomic E-state index is -0.304. The van der Waals surface area contributed by atoms with Gasteiger partial charge in [-0.2, -0.15) is 0 Å². The minimum Gasteiger partial charge on any atom is -0.369 e. The highest BCUT2D eigenvalue weighted by atomic mass is 19.1. The van der Waals surface area contributed by atoms with Gasteiger partial charge in [0.2, 0.25) is 0 Å². The Balaban J connectivity index is 1.93. The third-order valence-corrected chi connectivity index (χ3v) is 3.72. The van der Waals surface area contributed by atoms with E-state index in [0.717, 1.165) is 12.4 Å². The fourth-order valence-corrected chi connectivity index (χ4v) is 2.51. The molecule has 3 nitrogen and oxygen atoms in total. The summed E-state index contributed by atoms with van der Waals surface area (Å²) in [5, 5.41) is 3.28. The summed E-state index contributed by atoms with van der Waals surface area (Å²) in [7, 11) is 0. The first-order valence-electron chi connectivity index (χ1n) is 6.30. The maximum atomic E-state index is 12.7. The van der Waals surface area contributed by atoms with E-state index in [2.05, 4.69) is 10.3 Å². The number of nitrogens with zero attached hydrogens (tertiary/aromatic N) is 1. The molecule has 0 saturated heterocycles. The van der Waals surface area contributed by atoms with Gasteiger partial charge >= 0.3 is 0 Å². The van der Waals surface area contributed by atoms with Crippen LogP contribution in [0.1, 0.15) is 32.1 Å². The van der Waals surface area contributed by atoms with Crippen molar-refractivity contribution in [3.05, 3.63) is 24.1 Å². The fraction of sp³-hybridized carbons (Fsp3) is 0.615. The van der Waals surface area contributed by atoms with Crippen LogP contribution in [-0.4, -0.2) is 18.1 Å². The van der Waals surface area contributed by atoms with Crippen molar-refractivity contribution in [1.29, 1.82) is 0 Å². The molecule has 0 atom stereocenters. The van der Waals surface area contributed by atoms with Crippen LogP contribution in [0.3, 0.4) is 0 Å². The third-order valence-electron chi connectivity index (χ3n) is 3.72. The van der Waals surface area contributed by atoms with Crippen molar-refractivity contribution in [2.75, 3.05) is 18.4 Å². The number of aromatic nitrogens is 1. The number of nitrogens with two attached hydrogens (primary N) is 1. The van der Waals surface area contributed by atoms with Gasteiger partial charge in [-0.15, -0.1) is 0 Å². The number of hydrogen-bond donors (Lipinski definition) is 2. The molecule has 4 heteroatoms. The summed E-state index contributed by atoms with van der Waals surface area (Å²) >= 11 is 0. The molecule has 1 aliphatic rings. The van der Waals surface area contributed by atoms with Crippen molar-refractivity contribution >= 4 is 5.82 Å². The van der Waals surface area contributed by atoms with Crippen molar-refractivity contribution in [1.82, 2.24) is 4.98 Å². The molecule has 0 spiro atoms. The molecule has 17 heavy (non-hydrogen) atoms. The van der Waals surface area contributed by atoms with Crippen LogP contribution in [0.5, 0.6) is 0 Å². The number of anilines is 1. The van der Waals surface area contributed by atoms with Crippen LogP contribution in [0.25, 0.3) is 0 Å². The molecule has 1 aromatic heterocycles. The van der Waals surface area contributed by atoms with Gasteiger partial charge in [-0.3, -0.25) is 0 Å². The predicted octanol–water partition coefficient (Wildman–Crippen LogP) is 2.54. The van der Waals surface area contributed by atoms with Gasteiger partial charge in [-0.1, -0.05) is 19.3 Å². The minimum absolute atomic E-state index is 0.203. The molecule has 0 aliphatic heterocycles. The summed E-state index contributed by atoms with van der Waals surface area (Å²) in [6, 6.07) is 3.09. The molecule has 2 rings (SSSR count). The highest BCUT2D eigenvalue weighted by Crippen LogP contribution is 2.35. The van der Waals surface area contributed by atoms with E-state index in [1.165, 1.54) is 44.4 Å². The Labute approximate surface area is 102 Å². The smallest absolute Gasteiger partial charge is 0.141 e. The van der Waals surface area contributed by atoms with E-state index < -0.39 is 0 Å². The average molecular weight is 237 g/mol. The Hall–Kier alpha value is -1.16. The van der Waals surface area contributed by atoms with Crippen LogP contribution in [0.4, 0.5) is 10.2 Å². The zero-order valence-corrected chi connectivity index (χ0v) is 10.1. The van der Waals surface area contributed by atoms with Crippen molar-refractivity contribution in [2.45, 2.75) is 32.1 Å². The lowest BCUT2D eigenvalue weighted by atomic mass is 9.74. The van der Waals surface area contributed by atoms with Crippen LogP contribution in [0.15, 0.2) is 18.3 Å². The van der Waals surface area contributed by atoms with E-state index in [4.69, 9.17) is 5.73 Å². The van der Waals surface area contributed by atoms with Crippen LogP contribution >= 0.6 is 0 Å². The molecular formula is C13H20FN3. The largest absolute Gasteiger partial charge is 0.369 e. The van der Waals surface area contributed by atoms with Gasteiger partial charge in [-0.25, -0.2) is 9.37 Å². The molecule has 94 valence electrons. The third kappa shape index (κ3) is 3.16. The van der Waals surface area contributed by atoms with Crippen LogP contribution in [-0.2, 0) is 0 Å². The Bertz CT molecular complexity index is 344. The second-order valence-corrected chi connectivity index (χ2v) is 4.98. The first-order valence-corrected chi connectivity index (χ1v) is 6.30. The molecular weight excluding hydrogens is 217 g/mol. The van der Waals surface area contributed by atoms with Gasteiger partial charge < -0.3 is 11.1 Å². The lowest BCUT2D eigenvalue weighted by molar-refractivity contribution is 0.215. The zero-order valence-electron chi connectivity index (χ0n) is 10.1. The Morgan fingerprint density at radius 3 is 2.65 bits per heavy atom. The molecule has 1 aromatic rings. The molecule has 0 radical (unpaired) electrons. The molecule has 0 unspecified atom stereocenters. The van der Waals surface area contributed by atoms with Crippen LogP contribution in [0, 0.1) is 11.2 Å². The summed E-state index contributed by atoms with van der Waals surface area (Å²) in [5.41, 5.74) is 6.11. The highest BCUT2D eigenvalue weighted by Gasteiger charge is 2.30. The van der Waals surface area contributed by atoms with E-state index in [-0.39, 0.29) is 11.2 Å². The van der Waals surface area contributed by atoms with E-state index in [9.17, 15) is 4.39 Å². The lowest BCUT2D eigenvalue weighted by Gasteiger charge is -2.36. The number of hydrogen-bond acceptors (Lipinski definition) is 3. The molecule has 3 N–H and O–H groups in total. The second kappa shape index (κ2) is 5.45. The van der Waals surface area contributed by atoms with E-state index in [1.807, 2.05) is 0 Å². The summed E-state index contributed by atoms with van der Waals surface area (Å²) in [6.07, 6.45) is 7.43. The lowest BCUT2D eigenvalue weighted by Crippen LogP contribution is -2.39. The second-order valence-electron chi connectivity index (χ2n) is 4.98. The van der Waals surface area contributed by atoms with Gasteiger partial charge in [0.25, 0.3) is 0 Å². The van der Waals surface area contributed by atoms with Crippen molar-refractivity contribution in [3.63, 3.8) is 0 Å². The van der Waals surface area contributed by atoms with Gasteiger partial charge in [0.15, 0.2) is 0 Å². The zero-order chi connectivity index (χ0) is 12.1. The molecule has 1 fully saturated rings. The maximum Gasteiger partial charge on any atom is 0.141 e. The first-order chi connectivity index (χ1) is 8.24. The molecule has 1 heterocycles. The SMILES string of the molecule is NCC1(CNc2ccc(F)cn2)CCCCC1. The first kappa shape index (κ1) is 12.3. The Morgan fingerprint density at radius 1 is 1.29 bits per heavy atom. The van der Waals surface area contributed by atoms with Crippen LogP contribution < -0.4 is 11.1 Å². The number of rotatable bonds is 4. The molecule has 1 aliphatic carbocycles. The number of nitrogens with one attached hydrogen (secondary N) is 1. The number of halogens is 1. The fourth-order valence-electron chi connectivity index (χ4n) is 2.51. The normalized spacial score (nSPS) is 18.9. The maximum absolute atomic E-state index is 12.7. The summed E-state index contributed by atoms with van der Waals surface area (Å²) in [4.78, 5) is 4.00. The van der Waals surface area contributed by atoms with Gasteiger partial charge in [0.1, 0.15) is 11.6 Å². The van der Waals surface area contributed by atoms with Gasteiger partial charge in [-0.05, 0) is 36.9 Å². The molecule has 0 aromatic carbocycles. The van der Waals surface area contributed by atoms with Crippen molar-refractivity contribution in [2.24, 2.45) is 11.1 Å². The van der Waals surface area contributed by atoms with Crippen molar-refractivity contribution in [3.8, 4) is 0 Å². The van der Waals surface area contributed by atoms with E-state index in [1.54, 1.807) is 6.07 Å². The monoisotopic (exact) mass is 237 g/mol. The summed E-state index contributed by atoms with van der Waals surface area (Å²) < 4.78 is 12.7. The average Bonchev–Trinajstić information content (AvgIpc) is 2.39. The van der Waals surface area contributed by atoms with Gasteiger partial charge in [0, 0.05) is 6.54 Å². The Morgan fingerprint density at radius 2 is 2.06 bits per heavy atom. The molecule has 1 saturated carbocycles. The number of pyridine rings is 1. The van der Waals surface area contributed by atoms with Gasteiger partial charge in [0.05, 0.1) is 6.20 Å². The topological polar surface area (TPSA) is 50.9 Å². The summed E-state index contributed by atoms with van der Waals surface area (Å²) in [5.74, 6) is 0.423. The molecule has 0 bridgehead atoms. The van der Waals surface area contributed by atoms with E-state index in [0.29, 0.717) is 6.54 Å². The summed E-state index contributed by atoms with van der Waals surface area (Å²) in [6.45, 7) is 1.54. The van der Waals surface area contributed by atoms with Crippen LogP contribution in [0.2, 0.25) is 0 Å². The quantitative estimate of drug-likeness (QED) is 0.846. The standard InChI is InChI=1S/C13H20FN3/c14-11-4-5-12(16-8-11)17-10-13(9-15)6-2-1-3-7-13/h4-5,8H,1-3,6-7,9-10,15H2,(H,16,17).